The fraction of sp³-hybridized carbons (Fsp3) is 0.400. The number of hydrogen-bond acceptors (Lipinski definition) is 9. The van der Waals surface area contributed by atoms with Crippen LogP contribution in [0.2, 0.25) is 0 Å². The number of nitrogens with one attached hydrogen (secondary N) is 1. The van der Waals surface area contributed by atoms with Crippen LogP contribution in [0.25, 0.3) is 11.0 Å². The van der Waals surface area contributed by atoms with Crippen LogP contribution in [-0.2, 0) is 30.9 Å². The number of anilines is 1. The molecule has 1 saturated carbocycles. The average molecular weight is 623 g/mol. The number of amides is 2. The van der Waals surface area contributed by atoms with Crippen molar-refractivity contribution in [3.05, 3.63) is 66.6 Å². The summed E-state index contributed by atoms with van der Waals surface area (Å²) in [6, 6.07) is 13.7. The molecule has 1 N–H and O–H groups in total. The number of furan rings is 1. The van der Waals surface area contributed by atoms with Gasteiger partial charge in [-0.1, -0.05) is 30.2 Å². The number of benzene rings is 2. The molecule has 232 valence electrons. The van der Waals surface area contributed by atoms with Crippen LogP contribution in [0.5, 0.6) is 5.75 Å². The van der Waals surface area contributed by atoms with Crippen LogP contribution in [0.3, 0.4) is 0 Å². The topological polar surface area (TPSA) is 149 Å². The molecule has 1 aliphatic carbocycles. The highest BCUT2D eigenvalue weighted by atomic mass is 32.2. The number of nitrogens with zero attached hydrogens (tertiary/aromatic N) is 5. The Balaban J connectivity index is 1.43. The molecule has 2 aliphatic rings. The lowest BCUT2D eigenvalue weighted by molar-refractivity contribution is -0.127. The Labute approximate surface area is 254 Å². The number of rotatable bonds is 10. The number of sulfonamides is 1. The molecule has 0 radical (unpaired) electrons. The highest BCUT2D eigenvalue weighted by molar-refractivity contribution is 7.89. The summed E-state index contributed by atoms with van der Waals surface area (Å²) in [5.41, 5.74) is 1.52. The molecule has 2 aromatic carbocycles. The third kappa shape index (κ3) is 5.92. The predicted octanol–water partition coefficient (Wildman–Crippen LogP) is 2.89. The largest absolute Gasteiger partial charge is 0.495 e. The summed E-state index contributed by atoms with van der Waals surface area (Å²) in [7, 11) is -2.56. The first kappa shape index (κ1) is 29.8. The van der Waals surface area contributed by atoms with Crippen molar-refractivity contribution < 1.29 is 31.9 Å². The summed E-state index contributed by atoms with van der Waals surface area (Å²) in [4.78, 5) is 29.5. The molecule has 1 saturated heterocycles. The molecule has 1 unspecified atom stereocenters. The van der Waals surface area contributed by atoms with Gasteiger partial charge in [-0.15, -0.1) is 5.10 Å². The van der Waals surface area contributed by atoms with E-state index in [4.69, 9.17) is 13.9 Å². The smallest absolute Gasteiger partial charge is 0.251 e. The summed E-state index contributed by atoms with van der Waals surface area (Å²) < 4.78 is 46.5. The number of fused-ring (bicyclic) bond motifs is 1. The lowest BCUT2D eigenvalue weighted by Gasteiger charge is -2.31. The second-order valence-corrected chi connectivity index (χ2v) is 12.7. The average Bonchev–Trinajstić information content (AvgIpc) is 3.83. The summed E-state index contributed by atoms with van der Waals surface area (Å²) in [6.07, 6.45) is 5.15. The van der Waals surface area contributed by atoms with Gasteiger partial charge in [0.15, 0.2) is 6.04 Å². The Bertz CT molecular complexity index is 1730. The van der Waals surface area contributed by atoms with Crippen molar-refractivity contribution in [1.29, 1.82) is 0 Å². The quantitative estimate of drug-likeness (QED) is 0.282. The van der Waals surface area contributed by atoms with Gasteiger partial charge in [-0.25, -0.2) is 13.1 Å². The van der Waals surface area contributed by atoms with Crippen LogP contribution in [0.4, 0.5) is 5.69 Å². The lowest BCUT2D eigenvalue weighted by atomic mass is 10.1. The van der Waals surface area contributed by atoms with Gasteiger partial charge in [0.25, 0.3) is 5.91 Å². The summed E-state index contributed by atoms with van der Waals surface area (Å²) in [5.74, 6) is -0.615. The number of ether oxygens (including phenoxy) is 2. The minimum Gasteiger partial charge on any atom is -0.495 e. The summed E-state index contributed by atoms with van der Waals surface area (Å²) >= 11 is 0. The van der Waals surface area contributed by atoms with Crippen LogP contribution in [0, 0.1) is 0 Å². The predicted molar refractivity (Wildman–Crippen MR) is 159 cm³/mol. The van der Waals surface area contributed by atoms with E-state index >= 15 is 0 Å². The molecule has 13 nitrogen and oxygen atoms in total. The third-order valence-corrected chi connectivity index (χ3v) is 9.95. The van der Waals surface area contributed by atoms with E-state index in [2.05, 4.69) is 15.6 Å². The molecule has 1 aliphatic heterocycles. The van der Waals surface area contributed by atoms with Gasteiger partial charge in [0.1, 0.15) is 28.5 Å². The Morgan fingerprint density at radius 1 is 1.09 bits per heavy atom. The third-order valence-electron chi connectivity index (χ3n) is 8.01. The molecule has 0 bridgehead atoms. The van der Waals surface area contributed by atoms with E-state index < -0.39 is 27.9 Å². The van der Waals surface area contributed by atoms with Gasteiger partial charge in [0.05, 0.1) is 32.1 Å². The van der Waals surface area contributed by atoms with E-state index in [1.165, 1.54) is 45.5 Å². The van der Waals surface area contributed by atoms with Crippen LogP contribution in [-0.4, -0.2) is 79.0 Å². The van der Waals surface area contributed by atoms with Crippen molar-refractivity contribution in [3.63, 3.8) is 0 Å². The molecule has 2 fully saturated rings. The molecular weight excluding hydrogens is 588 g/mol. The van der Waals surface area contributed by atoms with Gasteiger partial charge in [-0.05, 0) is 49.2 Å². The minimum absolute atomic E-state index is 0.0215. The highest BCUT2D eigenvalue weighted by Crippen LogP contribution is 2.36. The van der Waals surface area contributed by atoms with Gasteiger partial charge >= 0.3 is 0 Å². The van der Waals surface area contributed by atoms with Gasteiger partial charge in [0.2, 0.25) is 15.9 Å². The van der Waals surface area contributed by atoms with E-state index in [1.807, 2.05) is 12.1 Å². The molecule has 44 heavy (non-hydrogen) atoms. The minimum atomic E-state index is -3.92. The molecule has 0 spiro atoms. The molecule has 4 aromatic rings. The zero-order chi connectivity index (χ0) is 30.7. The molecule has 2 aromatic heterocycles. The Kier molecular flexibility index (Phi) is 8.64. The first-order valence-electron chi connectivity index (χ1n) is 14.6. The van der Waals surface area contributed by atoms with Crippen LogP contribution < -0.4 is 15.0 Å². The normalized spacial score (nSPS) is 17.0. The lowest BCUT2D eigenvalue weighted by Crippen LogP contribution is -2.47. The molecule has 2 amide bonds. The molecule has 14 heteroatoms. The van der Waals surface area contributed by atoms with Crippen LogP contribution in [0.1, 0.15) is 37.5 Å². The number of methoxy groups -OCH3 is 1. The number of para-hydroxylation sites is 1. The van der Waals surface area contributed by atoms with Gasteiger partial charge in [-0.3, -0.25) is 14.5 Å². The van der Waals surface area contributed by atoms with Gasteiger partial charge in [0, 0.05) is 30.9 Å². The van der Waals surface area contributed by atoms with E-state index in [1.54, 1.807) is 24.3 Å². The summed E-state index contributed by atoms with van der Waals surface area (Å²) in [5, 5.41) is 11.4. The van der Waals surface area contributed by atoms with E-state index in [9.17, 15) is 18.0 Å². The maximum atomic E-state index is 14.3. The molecule has 3 heterocycles. The molecular formula is C30H34N6O7S. The van der Waals surface area contributed by atoms with Crippen molar-refractivity contribution in [2.75, 3.05) is 38.3 Å². The zero-order valence-electron chi connectivity index (χ0n) is 24.3. The summed E-state index contributed by atoms with van der Waals surface area (Å²) in [6.45, 7) is 0.765. The van der Waals surface area contributed by atoms with Crippen molar-refractivity contribution in [3.8, 4) is 5.75 Å². The van der Waals surface area contributed by atoms with Crippen molar-refractivity contribution in [2.45, 2.75) is 49.2 Å². The maximum absolute atomic E-state index is 14.3. The first-order chi connectivity index (χ1) is 21.4. The Hall–Kier alpha value is -4.27. The molecule has 6 rings (SSSR count). The SMILES string of the molecule is COc1cc(N(C(=O)Cn2nnc3ccccc32)C(C(=O)NC2CCCC2)c2ccco2)ccc1S(=O)(=O)N1CCOCC1. The van der Waals surface area contributed by atoms with Crippen molar-refractivity contribution in [1.82, 2.24) is 24.6 Å². The second-order valence-electron chi connectivity index (χ2n) is 10.8. The van der Waals surface area contributed by atoms with Gasteiger partial charge in [-0.2, -0.15) is 4.31 Å². The number of aromatic nitrogens is 3. The Morgan fingerprint density at radius 2 is 1.86 bits per heavy atom. The molecule has 1 atom stereocenters. The fourth-order valence-corrected chi connectivity index (χ4v) is 7.34. The number of carbonyl (C=O) groups excluding carboxylic acids is 2. The maximum Gasteiger partial charge on any atom is 0.251 e. The number of hydrogen-bond donors (Lipinski definition) is 1. The van der Waals surface area contributed by atoms with E-state index in [0.717, 1.165) is 25.7 Å². The van der Waals surface area contributed by atoms with Crippen LogP contribution >= 0.6 is 0 Å². The van der Waals surface area contributed by atoms with Crippen molar-refractivity contribution in [2.24, 2.45) is 0 Å². The van der Waals surface area contributed by atoms with Crippen molar-refractivity contribution >= 4 is 38.6 Å². The fourth-order valence-electron chi connectivity index (χ4n) is 5.79. The standard InChI is InChI=1S/C30H34N6O7S/c1-41-26-19-22(12-13-27(26)44(39,40)34-14-17-42-18-15-34)36(28(37)20-35-24-10-5-4-9-23(24)32-33-35)29(25-11-6-16-43-25)30(38)31-21-7-2-3-8-21/h4-6,9-13,16,19,21,29H,2-3,7-8,14-15,17-18,20H2,1H3,(H,31,38). The monoisotopic (exact) mass is 622 g/mol. The van der Waals surface area contributed by atoms with E-state index in [0.29, 0.717) is 24.2 Å². The Morgan fingerprint density at radius 3 is 2.59 bits per heavy atom. The van der Waals surface area contributed by atoms with Gasteiger partial charge < -0.3 is 19.2 Å². The van der Waals surface area contributed by atoms with E-state index in [-0.39, 0.29) is 47.8 Å². The highest BCUT2D eigenvalue weighted by Gasteiger charge is 2.38. The zero-order valence-corrected chi connectivity index (χ0v) is 25.1. The number of carbonyl (C=O) groups is 2. The first-order valence-corrected chi connectivity index (χ1v) is 16.0. The van der Waals surface area contributed by atoms with Crippen LogP contribution in [0.15, 0.2) is 70.2 Å². The number of morpholine rings is 1. The second kappa shape index (κ2) is 12.8.